The quantitative estimate of drug-likeness (QED) is 0.289. The Morgan fingerprint density at radius 3 is 2.58 bits per heavy atom. The summed E-state index contributed by atoms with van der Waals surface area (Å²) in [5, 5.41) is 24.3. The maximum absolute atomic E-state index is 12.5. The van der Waals surface area contributed by atoms with E-state index in [2.05, 4.69) is 15.1 Å². The fourth-order valence-corrected chi connectivity index (χ4v) is 3.17. The molecule has 0 unspecified atom stereocenters. The van der Waals surface area contributed by atoms with Crippen LogP contribution in [0.2, 0.25) is 0 Å². The third-order valence-corrected chi connectivity index (χ3v) is 4.84. The van der Waals surface area contributed by atoms with Crippen LogP contribution in [0.4, 0.5) is 0 Å². The summed E-state index contributed by atoms with van der Waals surface area (Å²) in [4.78, 5) is 19.8. The summed E-state index contributed by atoms with van der Waals surface area (Å²) in [6, 6.07) is 17.8. The van der Waals surface area contributed by atoms with Crippen molar-refractivity contribution >= 4 is 22.6 Å². The summed E-state index contributed by atoms with van der Waals surface area (Å²) in [5.41, 5.74) is 3.40. The van der Waals surface area contributed by atoms with E-state index < -0.39 is 12.1 Å². The number of aromatic nitrogens is 4. The third-order valence-electron chi connectivity index (χ3n) is 4.84. The fourth-order valence-electron chi connectivity index (χ4n) is 3.17. The van der Waals surface area contributed by atoms with Crippen molar-refractivity contribution < 1.29 is 14.6 Å². The lowest BCUT2D eigenvalue weighted by Crippen LogP contribution is -2.18. The number of nitrogens with one attached hydrogen (secondary N) is 1. The van der Waals surface area contributed by atoms with Crippen LogP contribution >= 0.6 is 0 Å². The number of esters is 1. The van der Waals surface area contributed by atoms with Gasteiger partial charge in [0.15, 0.2) is 17.7 Å². The van der Waals surface area contributed by atoms with Crippen LogP contribution in [0.25, 0.3) is 22.3 Å². The zero-order valence-corrected chi connectivity index (χ0v) is 16.9. The molecule has 0 radical (unpaired) electrons. The Balaban J connectivity index is 1.53. The third kappa shape index (κ3) is 3.89. The van der Waals surface area contributed by atoms with E-state index in [9.17, 15) is 15.2 Å². The summed E-state index contributed by atoms with van der Waals surface area (Å²) < 4.78 is 7.12. The first-order chi connectivity index (χ1) is 15.0. The Labute approximate surface area is 178 Å². The average Bonchev–Trinajstić information content (AvgIpc) is 3.40. The number of nitrogens with zero attached hydrogens (tertiary/aromatic N) is 4. The second kappa shape index (κ2) is 8.16. The first-order valence-corrected chi connectivity index (χ1v) is 9.58. The van der Waals surface area contributed by atoms with Crippen molar-refractivity contribution in [2.75, 3.05) is 0 Å². The van der Waals surface area contributed by atoms with Gasteiger partial charge in [-0.05, 0) is 56.3 Å². The smallest absolute Gasteiger partial charge is 0.338 e. The molecule has 0 spiro atoms. The number of imidazole rings is 1. The zero-order chi connectivity index (χ0) is 22.0. The van der Waals surface area contributed by atoms with Crippen molar-refractivity contribution in [3.8, 4) is 11.8 Å². The van der Waals surface area contributed by atoms with E-state index in [-0.39, 0.29) is 17.2 Å². The number of rotatable bonds is 5. The van der Waals surface area contributed by atoms with Crippen LogP contribution in [0.3, 0.4) is 0 Å². The number of hydrogen-bond acceptors (Lipinski definition) is 6. The molecule has 0 bridgehead atoms. The molecule has 2 N–H and O–H groups in total. The Bertz CT molecular complexity index is 1290. The normalized spacial score (nSPS) is 12.8. The molecule has 2 aromatic heterocycles. The predicted octanol–water partition coefficient (Wildman–Crippen LogP) is 4.10. The Morgan fingerprint density at radius 2 is 1.94 bits per heavy atom. The molecule has 0 saturated heterocycles. The Kier molecular flexibility index (Phi) is 5.24. The lowest BCUT2D eigenvalue weighted by Gasteiger charge is -2.14. The molecule has 4 rings (SSSR count). The van der Waals surface area contributed by atoms with Crippen molar-refractivity contribution in [2.24, 2.45) is 0 Å². The SMILES string of the molecule is Cc1ccnn1-c1ccc(C(=O)O[C@@H](C)/C(O)=C(\C#N)c2nc3ccccc3[nH]2)cc1. The standard InChI is InChI=1S/C23H19N5O3/c1-14-11-12-25-28(14)17-9-7-16(8-10-17)23(30)31-15(2)21(29)18(13-24)22-26-19-5-3-4-6-20(19)27-22/h3-12,15,29H,1-2H3,(H,26,27)/b21-18-/t15-/m0/s1. The van der Waals surface area contributed by atoms with Crippen molar-refractivity contribution in [2.45, 2.75) is 20.0 Å². The molecule has 0 saturated carbocycles. The van der Waals surface area contributed by atoms with Gasteiger partial charge in [-0.1, -0.05) is 12.1 Å². The van der Waals surface area contributed by atoms with Crippen LogP contribution in [0, 0.1) is 18.3 Å². The Hall–Kier alpha value is -4.38. The van der Waals surface area contributed by atoms with E-state index in [0.717, 1.165) is 16.9 Å². The maximum Gasteiger partial charge on any atom is 0.338 e. The van der Waals surface area contributed by atoms with Crippen LogP contribution in [0.15, 0.2) is 66.6 Å². The number of benzene rings is 2. The zero-order valence-electron chi connectivity index (χ0n) is 16.9. The summed E-state index contributed by atoms with van der Waals surface area (Å²) >= 11 is 0. The minimum absolute atomic E-state index is 0.0824. The number of aryl methyl sites for hydroxylation is 1. The van der Waals surface area contributed by atoms with E-state index in [1.807, 2.05) is 37.3 Å². The van der Waals surface area contributed by atoms with Crippen LogP contribution in [-0.2, 0) is 4.74 Å². The molecular weight excluding hydrogens is 394 g/mol. The van der Waals surface area contributed by atoms with E-state index in [0.29, 0.717) is 11.1 Å². The number of fused-ring (bicyclic) bond motifs is 1. The topological polar surface area (TPSA) is 117 Å². The van der Waals surface area contributed by atoms with Gasteiger partial charge in [-0.3, -0.25) is 0 Å². The number of allylic oxidation sites excluding steroid dienone is 1. The highest BCUT2D eigenvalue weighted by molar-refractivity contribution is 5.90. The van der Waals surface area contributed by atoms with Crippen LogP contribution in [0.5, 0.6) is 0 Å². The molecule has 154 valence electrons. The summed E-state index contributed by atoms with van der Waals surface area (Å²) in [6.07, 6.45) is 0.659. The lowest BCUT2D eigenvalue weighted by molar-refractivity contribution is 0.0334. The van der Waals surface area contributed by atoms with E-state index in [4.69, 9.17) is 4.74 Å². The number of carbonyl (C=O) groups is 1. The van der Waals surface area contributed by atoms with Crippen molar-refractivity contribution in [1.29, 1.82) is 5.26 Å². The van der Waals surface area contributed by atoms with Gasteiger partial charge >= 0.3 is 5.97 Å². The highest BCUT2D eigenvalue weighted by Crippen LogP contribution is 2.22. The molecule has 0 fully saturated rings. The minimum atomic E-state index is -1.04. The van der Waals surface area contributed by atoms with Gasteiger partial charge in [-0.15, -0.1) is 0 Å². The Morgan fingerprint density at radius 1 is 1.19 bits per heavy atom. The first-order valence-electron chi connectivity index (χ1n) is 9.58. The van der Waals surface area contributed by atoms with Gasteiger partial charge in [0.1, 0.15) is 11.6 Å². The van der Waals surface area contributed by atoms with E-state index in [1.165, 1.54) is 6.92 Å². The second-order valence-corrected chi connectivity index (χ2v) is 6.95. The monoisotopic (exact) mass is 413 g/mol. The molecule has 0 amide bonds. The number of carbonyl (C=O) groups excluding carboxylic acids is 1. The van der Waals surface area contributed by atoms with E-state index >= 15 is 0 Å². The van der Waals surface area contributed by atoms with Crippen LogP contribution in [0.1, 0.15) is 28.8 Å². The fraction of sp³-hybridized carbons (Fsp3) is 0.130. The van der Waals surface area contributed by atoms with Gasteiger partial charge in [0.25, 0.3) is 0 Å². The highest BCUT2D eigenvalue weighted by atomic mass is 16.6. The molecule has 2 heterocycles. The molecule has 0 aliphatic rings. The molecule has 4 aromatic rings. The van der Waals surface area contributed by atoms with Gasteiger partial charge in [0.05, 0.1) is 22.3 Å². The molecule has 1 atom stereocenters. The number of ether oxygens (including phenoxy) is 1. The number of aromatic amines is 1. The number of H-pyrrole nitrogens is 1. The predicted molar refractivity (Wildman–Crippen MR) is 114 cm³/mol. The lowest BCUT2D eigenvalue weighted by atomic mass is 10.1. The second-order valence-electron chi connectivity index (χ2n) is 6.95. The minimum Gasteiger partial charge on any atom is -0.507 e. The molecule has 31 heavy (non-hydrogen) atoms. The summed E-state index contributed by atoms with van der Waals surface area (Å²) in [5.74, 6) is -0.786. The number of para-hydroxylation sites is 2. The largest absolute Gasteiger partial charge is 0.507 e. The van der Waals surface area contributed by atoms with Gasteiger partial charge < -0.3 is 14.8 Å². The van der Waals surface area contributed by atoms with Gasteiger partial charge in [0, 0.05) is 11.9 Å². The van der Waals surface area contributed by atoms with Crippen molar-refractivity contribution in [3.05, 3.63) is 83.6 Å². The number of aliphatic hydroxyl groups is 1. The van der Waals surface area contributed by atoms with Gasteiger partial charge in [-0.25, -0.2) is 14.5 Å². The van der Waals surface area contributed by atoms with E-state index in [1.54, 1.807) is 41.2 Å². The molecule has 0 aliphatic carbocycles. The van der Waals surface area contributed by atoms with Gasteiger partial charge in [-0.2, -0.15) is 10.4 Å². The average molecular weight is 413 g/mol. The van der Waals surface area contributed by atoms with Crippen molar-refractivity contribution in [3.63, 3.8) is 0 Å². The molecule has 0 aliphatic heterocycles. The molecular formula is C23H19N5O3. The maximum atomic E-state index is 12.5. The van der Waals surface area contributed by atoms with Crippen LogP contribution in [-0.4, -0.2) is 36.9 Å². The summed E-state index contributed by atoms with van der Waals surface area (Å²) in [6.45, 7) is 3.43. The molecule has 8 heteroatoms. The number of hydrogen-bond donors (Lipinski definition) is 2. The van der Waals surface area contributed by atoms with Crippen LogP contribution < -0.4 is 0 Å². The number of nitriles is 1. The summed E-state index contributed by atoms with van der Waals surface area (Å²) in [7, 11) is 0. The number of aliphatic hydroxyl groups excluding tert-OH is 1. The van der Waals surface area contributed by atoms with Gasteiger partial charge in [0.2, 0.25) is 0 Å². The first kappa shape index (κ1) is 19.9. The molecule has 8 nitrogen and oxygen atoms in total. The highest BCUT2D eigenvalue weighted by Gasteiger charge is 2.22. The molecule has 2 aromatic carbocycles. The van der Waals surface area contributed by atoms with Crippen molar-refractivity contribution in [1.82, 2.24) is 19.7 Å².